The Morgan fingerprint density at radius 1 is 1.15 bits per heavy atom. The first-order valence-corrected chi connectivity index (χ1v) is 6.91. The molecule has 1 fully saturated rings. The Morgan fingerprint density at radius 2 is 1.75 bits per heavy atom. The number of benzene rings is 1. The molecule has 20 heavy (non-hydrogen) atoms. The Labute approximate surface area is 138 Å². The van der Waals surface area contributed by atoms with Gasteiger partial charge in [0, 0.05) is 20.2 Å². The highest BCUT2D eigenvalue weighted by Gasteiger charge is 2.11. The molecule has 0 bridgehead atoms. The standard InChI is InChI=1S/C15H23N3O.HI/c1-19-12-14-7-5-13(6-8-14)11-17-15(16)18-9-3-2-4-10-18;/h5-8H,2-4,9-12H2,1H3,(H2,16,17);1H. The predicted molar refractivity (Wildman–Crippen MR) is 93.3 cm³/mol. The molecule has 1 heterocycles. The third-order valence-electron chi connectivity index (χ3n) is 3.44. The summed E-state index contributed by atoms with van der Waals surface area (Å²) < 4.78 is 5.09. The number of methoxy groups -OCH3 is 1. The number of guanidine groups is 1. The number of aliphatic imine (C=N–C) groups is 1. The van der Waals surface area contributed by atoms with Gasteiger partial charge in [0.2, 0.25) is 0 Å². The SMILES string of the molecule is COCc1ccc(CN=C(N)N2CCCCC2)cc1.I. The maximum absolute atomic E-state index is 6.03. The number of nitrogens with zero attached hydrogens (tertiary/aromatic N) is 2. The fraction of sp³-hybridized carbons (Fsp3) is 0.533. The van der Waals surface area contributed by atoms with Crippen LogP contribution in [0.3, 0.4) is 0 Å². The van der Waals surface area contributed by atoms with Gasteiger partial charge < -0.3 is 15.4 Å². The maximum atomic E-state index is 6.03. The van der Waals surface area contributed by atoms with E-state index in [9.17, 15) is 0 Å². The highest BCUT2D eigenvalue weighted by molar-refractivity contribution is 14.0. The summed E-state index contributed by atoms with van der Waals surface area (Å²) in [5, 5.41) is 0. The Balaban J connectivity index is 0.00000200. The third-order valence-corrected chi connectivity index (χ3v) is 3.44. The molecule has 1 aromatic carbocycles. The molecule has 1 aliphatic heterocycles. The van der Waals surface area contributed by atoms with Crippen LogP contribution in [0.5, 0.6) is 0 Å². The zero-order valence-corrected chi connectivity index (χ0v) is 14.4. The van der Waals surface area contributed by atoms with Crippen LogP contribution in [-0.4, -0.2) is 31.1 Å². The van der Waals surface area contributed by atoms with E-state index in [0.717, 1.165) is 13.1 Å². The Hall–Kier alpha value is -0.820. The second-order valence-electron chi connectivity index (χ2n) is 4.97. The molecule has 1 aliphatic rings. The van der Waals surface area contributed by atoms with Gasteiger partial charge in [-0.25, -0.2) is 4.99 Å². The fourth-order valence-electron chi connectivity index (χ4n) is 2.30. The second-order valence-corrected chi connectivity index (χ2v) is 4.97. The van der Waals surface area contributed by atoms with Crippen LogP contribution in [0, 0.1) is 0 Å². The summed E-state index contributed by atoms with van der Waals surface area (Å²) in [6.07, 6.45) is 3.76. The lowest BCUT2D eigenvalue weighted by Gasteiger charge is -2.27. The van der Waals surface area contributed by atoms with Crippen LogP contribution in [0.15, 0.2) is 29.3 Å². The maximum Gasteiger partial charge on any atom is 0.191 e. The average Bonchev–Trinajstić information content (AvgIpc) is 2.47. The van der Waals surface area contributed by atoms with Crippen LogP contribution in [0.2, 0.25) is 0 Å². The van der Waals surface area contributed by atoms with Crippen molar-refractivity contribution < 1.29 is 4.74 Å². The van der Waals surface area contributed by atoms with Gasteiger partial charge in [-0.15, -0.1) is 24.0 Å². The van der Waals surface area contributed by atoms with E-state index >= 15 is 0 Å². The van der Waals surface area contributed by atoms with Crippen molar-refractivity contribution in [2.24, 2.45) is 10.7 Å². The number of piperidine rings is 1. The highest BCUT2D eigenvalue weighted by atomic mass is 127. The minimum atomic E-state index is 0. The molecule has 0 radical (unpaired) electrons. The van der Waals surface area contributed by atoms with Crippen molar-refractivity contribution in [3.8, 4) is 0 Å². The summed E-state index contributed by atoms with van der Waals surface area (Å²) in [5.74, 6) is 0.681. The normalized spacial score (nSPS) is 15.8. The van der Waals surface area contributed by atoms with Crippen LogP contribution < -0.4 is 5.73 Å². The minimum absolute atomic E-state index is 0. The third kappa shape index (κ3) is 5.28. The van der Waals surface area contributed by atoms with Gasteiger partial charge >= 0.3 is 0 Å². The van der Waals surface area contributed by atoms with Gasteiger partial charge in [-0.05, 0) is 30.4 Å². The van der Waals surface area contributed by atoms with Crippen molar-refractivity contribution in [3.05, 3.63) is 35.4 Å². The van der Waals surface area contributed by atoms with Crippen LogP contribution in [0.1, 0.15) is 30.4 Å². The first-order valence-electron chi connectivity index (χ1n) is 6.91. The van der Waals surface area contributed by atoms with E-state index in [2.05, 4.69) is 34.2 Å². The molecule has 112 valence electrons. The number of ether oxygens (including phenoxy) is 1. The first-order chi connectivity index (χ1) is 9.29. The van der Waals surface area contributed by atoms with Gasteiger partial charge in [0.25, 0.3) is 0 Å². The lowest BCUT2D eigenvalue weighted by molar-refractivity contribution is 0.185. The fourth-order valence-corrected chi connectivity index (χ4v) is 2.30. The van der Waals surface area contributed by atoms with Crippen molar-refractivity contribution in [2.75, 3.05) is 20.2 Å². The molecule has 4 nitrogen and oxygen atoms in total. The number of hydrogen-bond acceptors (Lipinski definition) is 2. The lowest BCUT2D eigenvalue weighted by Crippen LogP contribution is -2.40. The van der Waals surface area contributed by atoms with Gasteiger partial charge in [0.15, 0.2) is 5.96 Å². The van der Waals surface area contributed by atoms with Crippen LogP contribution in [0.4, 0.5) is 0 Å². The van der Waals surface area contributed by atoms with Gasteiger partial charge in [-0.2, -0.15) is 0 Å². The lowest BCUT2D eigenvalue weighted by atomic mass is 10.1. The molecule has 0 amide bonds. The van der Waals surface area contributed by atoms with Gasteiger partial charge in [0.05, 0.1) is 13.2 Å². The summed E-state index contributed by atoms with van der Waals surface area (Å²) in [7, 11) is 1.71. The van der Waals surface area contributed by atoms with Crippen molar-refractivity contribution in [1.82, 2.24) is 4.90 Å². The predicted octanol–water partition coefficient (Wildman–Crippen LogP) is 2.75. The van der Waals surface area contributed by atoms with E-state index < -0.39 is 0 Å². The van der Waals surface area contributed by atoms with E-state index in [1.807, 2.05) is 0 Å². The minimum Gasteiger partial charge on any atom is -0.380 e. The molecular formula is C15H24IN3O. The second kappa shape index (κ2) is 9.18. The number of likely N-dealkylation sites (tertiary alicyclic amines) is 1. The molecule has 0 saturated carbocycles. The van der Waals surface area contributed by atoms with E-state index in [0.29, 0.717) is 19.1 Å². The average molecular weight is 389 g/mol. The molecule has 0 atom stereocenters. The quantitative estimate of drug-likeness (QED) is 0.490. The Bertz CT molecular complexity index is 414. The molecule has 2 N–H and O–H groups in total. The van der Waals surface area contributed by atoms with Gasteiger partial charge in [-0.1, -0.05) is 24.3 Å². The van der Waals surface area contributed by atoms with Crippen LogP contribution in [0.25, 0.3) is 0 Å². The van der Waals surface area contributed by atoms with E-state index in [1.54, 1.807) is 7.11 Å². The number of nitrogens with two attached hydrogens (primary N) is 1. The summed E-state index contributed by atoms with van der Waals surface area (Å²) in [5.41, 5.74) is 8.39. The molecule has 5 heteroatoms. The van der Waals surface area contributed by atoms with E-state index in [1.165, 1.54) is 30.4 Å². The number of halogens is 1. The Morgan fingerprint density at radius 3 is 2.35 bits per heavy atom. The van der Waals surface area contributed by atoms with Crippen molar-refractivity contribution in [3.63, 3.8) is 0 Å². The monoisotopic (exact) mass is 389 g/mol. The zero-order valence-electron chi connectivity index (χ0n) is 12.0. The van der Waals surface area contributed by atoms with E-state index in [4.69, 9.17) is 10.5 Å². The molecule has 1 aromatic rings. The van der Waals surface area contributed by atoms with Crippen molar-refractivity contribution >= 4 is 29.9 Å². The van der Waals surface area contributed by atoms with E-state index in [-0.39, 0.29) is 24.0 Å². The number of rotatable bonds is 4. The summed E-state index contributed by atoms with van der Waals surface area (Å²) >= 11 is 0. The van der Waals surface area contributed by atoms with Crippen molar-refractivity contribution in [1.29, 1.82) is 0 Å². The topological polar surface area (TPSA) is 50.9 Å². The highest BCUT2D eigenvalue weighted by Crippen LogP contribution is 2.10. The summed E-state index contributed by atoms with van der Waals surface area (Å²) in [4.78, 5) is 6.67. The largest absolute Gasteiger partial charge is 0.380 e. The summed E-state index contributed by atoms with van der Waals surface area (Å²) in [6, 6.07) is 8.32. The first kappa shape index (κ1) is 17.2. The molecular weight excluding hydrogens is 365 g/mol. The molecule has 2 rings (SSSR count). The van der Waals surface area contributed by atoms with Gasteiger partial charge in [0.1, 0.15) is 0 Å². The van der Waals surface area contributed by atoms with Crippen molar-refractivity contribution in [2.45, 2.75) is 32.4 Å². The molecule has 0 spiro atoms. The van der Waals surface area contributed by atoms with Crippen LogP contribution in [-0.2, 0) is 17.9 Å². The zero-order chi connectivity index (χ0) is 13.5. The summed E-state index contributed by atoms with van der Waals surface area (Å²) in [6.45, 7) is 3.39. The Kier molecular flexibility index (Phi) is 7.91. The molecule has 0 aromatic heterocycles. The smallest absolute Gasteiger partial charge is 0.191 e. The molecule has 0 unspecified atom stereocenters. The van der Waals surface area contributed by atoms with Crippen LogP contribution >= 0.6 is 24.0 Å². The van der Waals surface area contributed by atoms with Gasteiger partial charge in [-0.3, -0.25) is 0 Å². The molecule has 1 saturated heterocycles. The number of hydrogen-bond donors (Lipinski definition) is 1. The molecule has 0 aliphatic carbocycles.